The lowest BCUT2D eigenvalue weighted by molar-refractivity contribution is -0.181. The number of primary amides is 1. The van der Waals surface area contributed by atoms with Crippen LogP contribution in [0, 0.1) is 11.8 Å². The number of benzene rings is 1. The van der Waals surface area contributed by atoms with Gasteiger partial charge in [-0.2, -0.15) is 0 Å². The lowest BCUT2D eigenvalue weighted by Crippen LogP contribution is -2.71. The van der Waals surface area contributed by atoms with Crippen LogP contribution in [0.4, 0.5) is 0 Å². The number of phenols is 1. The van der Waals surface area contributed by atoms with E-state index in [4.69, 9.17) is 22.1 Å². The van der Waals surface area contributed by atoms with Gasteiger partial charge in [-0.3, -0.25) is 19.3 Å². The lowest BCUT2D eigenvalue weighted by atomic mass is 9.53. The molecule has 13 heteroatoms. The summed E-state index contributed by atoms with van der Waals surface area (Å²) in [6, 6.07) is -0.526. The van der Waals surface area contributed by atoms with Gasteiger partial charge in [0.2, 0.25) is 5.78 Å². The van der Waals surface area contributed by atoms with Crippen LogP contribution in [0.5, 0.6) is 11.5 Å². The second-order valence-electron chi connectivity index (χ2n) is 9.52. The zero-order chi connectivity index (χ0) is 27.2. The molecule has 0 spiro atoms. The molecule has 0 saturated heterocycles. The number of carbonyl (C=O) groups is 3. The number of Topliss-reactive ketones (excluding diaryl/α,β-unsaturated/α-hetero) is 2. The van der Waals surface area contributed by atoms with Crippen molar-refractivity contribution < 1.29 is 49.8 Å². The fraction of sp³-hybridized carbons (Fsp3) is 0.435. The Morgan fingerprint density at radius 2 is 1.78 bits per heavy atom. The Labute approximate surface area is 209 Å². The summed E-state index contributed by atoms with van der Waals surface area (Å²) in [4.78, 5) is 40.2. The van der Waals surface area contributed by atoms with Crippen LogP contribution < -0.4 is 10.5 Å². The van der Waals surface area contributed by atoms with Gasteiger partial charge >= 0.3 is 0 Å². The number of fused-ring (bicyclic) bond motifs is 3. The third-order valence-corrected chi connectivity index (χ3v) is 7.76. The normalized spacial score (nSPS) is 33.9. The van der Waals surface area contributed by atoms with Crippen molar-refractivity contribution in [1.29, 1.82) is 0 Å². The van der Waals surface area contributed by atoms with Crippen LogP contribution in [0.25, 0.3) is 5.76 Å². The highest BCUT2D eigenvalue weighted by molar-refractivity contribution is 6.33. The summed E-state index contributed by atoms with van der Waals surface area (Å²) in [6.07, 6.45) is -1.98. The minimum atomic E-state index is -3.09. The molecule has 0 aromatic heterocycles. The minimum absolute atomic E-state index is 0.0803. The number of aliphatic hydroxyl groups excluding tert-OH is 3. The quantitative estimate of drug-likeness (QED) is 0.245. The Hall–Kier alpha value is -3.16. The molecular formula is C23H25ClN2O10. The predicted octanol–water partition coefficient (Wildman–Crippen LogP) is -0.738. The Kier molecular flexibility index (Phi) is 5.70. The molecule has 4 rings (SSSR count). The molecule has 0 aliphatic heterocycles. The summed E-state index contributed by atoms with van der Waals surface area (Å²) in [5.74, 6) is -10.5. The molecule has 3 aliphatic carbocycles. The van der Waals surface area contributed by atoms with E-state index in [1.54, 1.807) is 0 Å². The van der Waals surface area contributed by atoms with Crippen molar-refractivity contribution >= 4 is 34.8 Å². The second-order valence-corrected chi connectivity index (χ2v) is 9.90. The first-order valence-electron chi connectivity index (χ1n) is 10.7. The summed E-state index contributed by atoms with van der Waals surface area (Å²) < 4.78 is 5.11. The summed E-state index contributed by atoms with van der Waals surface area (Å²) >= 11 is 6.40. The van der Waals surface area contributed by atoms with Gasteiger partial charge in [-0.1, -0.05) is 11.6 Å². The third kappa shape index (κ3) is 2.93. The molecule has 1 aromatic carbocycles. The molecule has 1 fully saturated rings. The topological polar surface area (TPSA) is 211 Å². The number of carbonyl (C=O) groups excluding carboxylic acids is 3. The monoisotopic (exact) mass is 524 g/mol. The summed E-state index contributed by atoms with van der Waals surface area (Å²) in [5, 5.41) is 67.2. The van der Waals surface area contributed by atoms with E-state index in [0.717, 1.165) is 13.0 Å². The highest BCUT2D eigenvalue weighted by Gasteiger charge is 2.70. The second kappa shape index (κ2) is 7.92. The van der Waals surface area contributed by atoms with Gasteiger partial charge in [-0.05, 0) is 21.0 Å². The molecule has 1 aromatic rings. The van der Waals surface area contributed by atoms with Crippen molar-refractivity contribution in [2.45, 2.75) is 30.3 Å². The highest BCUT2D eigenvalue weighted by Crippen LogP contribution is 2.59. The van der Waals surface area contributed by atoms with E-state index < -0.39 is 86.6 Å². The molecular weight excluding hydrogens is 500 g/mol. The van der Waals surface area contributed by atoms with E-state index in [2.05, 4.69) is 0 Å². The Balaban J connectivity index is 2.13. The molecule has 3 aliphatic rings. The fourth-order valence-corrected chi connectivity index (χ4v) is 6.28. The first-order valence-corrected chi connectivity index (χ1v) is 11.1. The van der Waals surface area contributed by atoms with Crippen LogP contribution in [0.1, 0.15) is 18.1 Å². The number of amides is 1. The van der Waals surface area contributed by atoms with Gasteiger partial charge in [0, 0.05) is 11.6 Å². The molecule has 1 amide bonds. The summed E-state index contributed by atoms with van der Waals surface area (Å²) in [6.45, 7) is 1.16. The first kappa shape index (κ1) is 25.9. The Morgan fingerprint density at radius 1 is 1.19 bits per heavy atom. The molecule has 0 heterocycles. The number of aliphatic hydroxyl groups is 5. The molecule has 194 valence electrons. The maximum Gasteiger partial charge on any atom is 0.255 e. The van der Waals surface area contributed by atoms with Crippen LogP contribution in [-0.2, 0) is 20.0 Å². The van der Waals surface area contributed by atoms with Crippen LogP contribution in [0.3, 0.4) is 0 Å². The molecule has 12 nitrogen and oxygen atoms in total. The van der Waals surface area contributed by atoms with E-state index in [1.165, 1.54) is 26.1 Å². The number of nitrogens with two attached hydrogens (primary N) is 1. The number of phenolic OH excluding ortho intramolecular Hbond substituents is 1. The van der Waals surface area contributed by atoms with Gasteiger partial charge < -0.3 is 41.1 Å². The van der Waals surface area contributed by atoms with E-state index in [0.29, 0.717) is 0 Å². The van der Waals surface area contributed by atoms with Crippen LogP contribution in [0.2, 0.25) is 5.02 Å². The summed E-state index contributed by atoms with van der Waals surface area (Å²) in [7, 11) is 3.99. The maximum absolute atomic E-state index is 13.8. The number of hydrogen-bond donors (Lipinski definition) is 7. The minimum Gasteiger partial charge on any atom is -0.508 e. The zero-order valence-corrected chi connectivity index (χ0v) is 20.4. The van der Waals surface area contributed by atoms with Gasteiger partial charge in [0.25, 0.3) is 5.91 Å². The standard InChI is InChI=1S/C23H25ClN2O10/c1-22(34)11-8(6(27)5-7(36-4)14(11)24)16(28)9-12(22)18(30)13-15(26(2)3)17(29)10(21(25)33)20(32)23(13,35)19(9)31/h5,12-13,15,18,27-28,30,32,34-35H,1-4H3,(H2,25,33)/t12-,13-,15+,18+,22+,23+/m1/s1. The Morgan fingerprint density at radius 3 is 2.28 bits per heavy atom. The number of halogens is 1. The largest absolute Gasteiger partial charge is 0.508 e. The molecule has 0 unspecified atom stereocenters. The zero-order valence-electron chi connectivity index (χ0n) is 19.6. The van der Waals surface area contributed by atoms with Crippen molar-refractivity contribution in [2.24, 2.45) is 17.6 Å². The van der Waals surface area contributed by atoms with Gasteiger partial charge in [0.05, 0.1) is 52.9 Å². The third-order valence-electron chi connectivity index (χ3n) is 7.38. The average Bonchev–Trinajstić information content (AvgIpc) is 2.77. The predicted molar refractivity (Wildman–Crippen MR) is 123 cm³/mol. The average molecular weight is 525 g/mol. The van der Waals surface area contributed by atoms with E-state index in [-0.39, 0.29) is 16.3 Å². The van der Waals surface area contributed by atoms with Crippen LogP contribution in [0.15, 0.2) is 23.0 Å². The van der Waals surface area contributed by atoms with Crippen LogP contribution >= 0.6 is 11.6 Å². The molecule has 6 atom stereocenters. The first-order chi connectivity index (χ1) is 16.6. The van der Waals surface area contributed by atoms with Crippen molar-refractivity contribution in [3.8, 4) is 11.5 Å². The van der Waals surface area contributed by atoms with Crippen molar-refractivity contribution in [3.63, 3.8) is 0 Å². The van der Waals surface area contributed by atoms with Crippen molar-refractivity contribution in [1.82, 2.24) is 4.90 Å². The Bertz CT molecular complexity index is 1300. The number of methoxy groups -OCH3 is 1. The fourth-order valence-electron chi connectivity index (χ4n) is 5.86. The van der Waals surface area contributed by atoms with Crippen molar-refractivity contribution in [3.05, 3.63) is 39.1 Å². The molecule has 36 heavy (non-hydrogen) atoms. The number of aromatic hydroxyl groups is 1. The number of ketones is 2. The van der Waals surface area contributed by atoms with Gasteiger partial charge in [0.15, 0.2) is 11.4 Å². The van der Waals surface area contributed by atoms with Gasteiger partial charge in [0.1, 0.15) is 28.6 Å². The molecule has 8 N–H and O–H groups in total. The molecule has 0 bridgehead atoms. The smallest absolute Gasteiger partial charge is 0.255 e. The van der Waals surface area contributed by atoms with E-state index in [1.807, 2.05) is 0 Å². The number of hydrogen-bond acceptors (Lipinski definition) is 11. The SMILES string of the molecule is COc1cc(O)c2c(c1Cl)[C@](C)(O)[C@@H]1C(=C2O)C(=O)[C@]2(O)C(O)=C(C(N)=O)C(=O)[C@@H](N(C)C)[C@@H]2[C@H]1O. The molecule has 0 radical (unpaired) electrons. The van der Waals surface area contributed by atoms with Gasteiger partial charge in [-0.25, -0.2) is 0 Å². The lowest BCUT2D eigenvalue weighted by Gasteiger charge is -2.55. The van der Waals surface area contributed by atoms with Crippen LogP contribution in [-0.4, -0.2) is 92.0 Å². The number of rotatable bonds is 3. The number of ether oxygens (including phenoxy) is 1. The van der Waals surface area contributed by atoms with Crippen molar-refractivity contribution in [2.75, 3.05) is 21.2 Å². The van der Waals surface area contributed by atoms with Gasteiger partial charge in [-0.15, -0.1) is 0 Å². The molecule has 1 saturated carbocycles. The number of likely N-dealkylation sites (N-methyl/N-ethyl adjacent to an activating group) is 1. The highest BCUT2D eigenvalue weighted by atomic mass is 35.5. The summed E-state index contributed by atoms with van der Waals surface area (Å²) in [5.41, 5.74) is -2.64. The maximum atomic E-state index is 13.8. The van der Waals surface area contributed by atoms with E-state index in [9.17, 15) is 45.0 Å². The van der Waals surface area contributed by atoms with E-state index >= 15 is 0 Å². The number of nitrogens with zero attached hydrogens (tertiary/aromatic N) is 1.